The summed E-state index contributed by atoms with van der Waals surface area (Å²) in [6, 6.07) is 21.7. The van der Waals surface area contributed by atoms with Crippen LogP contribution in [-0.2, 0) is 19.8 Å². The molecule has 3 aromatic rings. The van der Waals surface area contributed by atoms with Crippen molar-refractivity contribution in [3.05, 3.63) is 99.5 Å². The van der Waals surface area contributed by atoms with Gasteiger partial charge in [-0.15, -0.1) is 0 Å². The molecule has 1 N–H and O–H groups in total. The molecule has 2 atom stereocenters. The summed E-state index contributed by atoms with van der Waals surface area (Å²) < 4.78 is 0.613. The molecule has 0 saturated carbocycles. The number of hydrogen-bond donors (Lipinski definition) is 1. The molecule has 3 aromatic carbocycles. The van der Waals surface area contributed by atoms with Gasteiger partial charge in [0.25, 0.3) is 0 Å². The van der Waals surface area contributed by atoms with Crippen molar-refractivity contribution in [2.45, 2.75) is 11.3 Å². The fourth-order valence-corrected chi connectivity index (χ4v) is 6.47. The van der Waals surface area contributed by atoms with E-state index in [0.29, 0.717) is 21.3 Å². The topological polar surface area (TPSA) is 74.7 Å². The number of carboxylic acid groups (broad SMARTS) is 1. The van der Waals surface area contributed by atoms with Gasteiger partial charge in [-0.2, -0.15) is 0 Å². The van der Waals surface area contributed by atoms with Crippen LogP contribution in [0.15, 0.2) is 77.3 Å². The van der Waals surface area contributed by atoms with Crippen molar-refractivity contribution < 1.29 is 19.5 Å². The van der Waals surface area contributed by atoms with Gasteiger partial charge >= 0.3 is 5.97 Å². The predicted octanol–water partition coefficient (Wildman–Crippen LogP) is 4.08. The number of para-hydroxylation sites is 1. The van der Waals surface area contributed by atoms with E-state index in [9.17, 15) is 19.5 Å². The number of anilines is 1. The van der Waals surface area contributed by atoms with Crippen molar-refractivity contribution in [1.82, 2.24) is 0 Å². The van der Waals surface area contributed by atoms with E-state index in [4.69, 9.17) is 0 Å². The van der Waals surface area contributed by atoms with Gasteiger partial charge in [0, 0.05) is 10.4 Å². The summed E-state index contributed by atoms with van der Waals surface area (Å²) in [5.74, 6) is -4.03. The van der Waals surface area contributed by atoms with Gasteiger partial charge in [-0.3, -0.25) is 14.4 Å². The third kappa shape index (κ3) is 2.03. The average Bonchev–Trinajstić information content (AvgIpc) is 3.05. The highest BCUT2D eigenvalue weighted by Crippen LogP contribution is 2.64. The van der Waals surface area contributed by atoms with E-state index in [1.807, 2.05) is 24.3 Å². The molecule has 2 bridgehead atoms. The van der Waals surface area contributed by atoms with Crippen LogP contribution in [0.2, 0.25) is 0 Å². The molecule has 0 spiro atoms. The van der Waals surface area contributed by atoms with Crippen LogP contribution < -0.4 is 4.90 Å². The molecule has 1 fully saturated rings. The lowest BCUT2D eigenvalue weighted by atomic mass is 9.47. The minimum Gasteiger partial charge on any atom is -0.480 e. The van der Waals surface area contributed by atoms with Gasteiger partial charge in [0.15, 0.2) is 0 Å². The number of carbonyl (C=O) groups is 3. The van der Waals surface area contributed by atoms with E-state index in [1.54, 1.807) is 48.5 Å². The van der Waals surface area contributed by atoms with Crippen molar-refractivity contribution in [2.75, 3.05) is 4.90 Å². The van der Waals surface area contributed by atoms with Gasteiger partial charge in [0.05, 0.1) is 17.5 Å². The van der Waals surface area contributed by atoms with Crippen molar-refractivity contribution in [3.8, 4) is 0 Å². The third-order valence-corrected chi connectivity index (χ3v) is 7.72. The second-order valence-electron chi connectivity index (χ2n) is 8.23. The van der Waals surface area contributed by atoms with E-state index in [-0.39, 0.29) is 11.8 Å². The van der Waals surface area contributed by atoms with Crippen LogP contribution in [0.1, 0.15) is 28.2 Å². The smallest absolute Gasteiger partial charge is 0.319 e. The highest BCUT2D eigenvalue weighted by atomic mass is 79.9. The molecular weight excluding hydrogens is 458 g/mol. The first-order valence-electron chi connectivity index (χ1n) is 10.0. The number of benzene rings is 3. The molecule has 3 aliphatic carbocycles. The first-order chi connectivity index (χ1) is 15.0. The Kier molecular flexibility index (Phi) is 3.67. The Bertz CT molecular complexity index is 1270. The van der Waals surface area contributed by atoms with Gasteiger partial charge in [-0.1, -0.05) is 60.7 Å². The monoisotopic (exact) mass is 473 g/mol. The Morgan fingerprint density at radius 3 is 1.97 bits per heavy atom. The average molecular weight is 474 g/mol. The molecule has 31 heavy (non-hydrogen) atoms. The molecule has 1 saturated heterocycles. The minimum absolute atomic E-state index is 0.346. The fourth-order valence-electron chi connectivity index (χ4n) is 6.01. The van der Waals surface area contributed by atoms with Gasteiger partial charge in [0.2, 0.25) is 11.8 Å². The first kappa shape index (κ1) is 18.5. The Morgan fingerprint density at radius 1 is 0.839 bits per heavy atom. The zero-order valence-electron chi connectivity index (χ0n) is 16.2. The first-order valence-corrected chi connectivity index (χ1v) is 10.8. The van der Waals surface area contributed by atoms with Crippen LogP contribution in [0.3, 0.4) is 0 Å². The summed E-state index contributed by atoms with van der Waals surface area (Å²) >= 11 is 3.44. The molecule has 4 aliphatic rings. The standard InChI is InChI=1S/C25H16BrNO4/c26-17-11-5-6-12-18(17)27-22(28)20-19-13-7-1-3-9-15(13)25(24(30)31,21(20)23(27)29)16-10-4-2-8-14(16)19/h1-12,19-21H,(H,30,31). The third-order valence-electron chi connectivity index (χ3n) is 7.05. The summed E-state index contributed by atoms with van der Waals surface area (Å²) in [7, 11) is 0. The number of hydrogen-bond acceptors (Lipinski definition) is 3. The summed E-state index contributed by atoms with van der Waals surface area (Å²) in [6.07, 6.45) is 0. The molecular formula is C25H16BrNO4. The van der Waals surface area contributed by atoms with E-state index < -0.39 is 29.1 Å². The Labute approximate surface area is 186 Å². The lowest BCUT2D eigenvalue weighted by Gasteiger charge is -2.51. The number of carbonyl (C=O) groups excluding carboxylic acids is 2. The molecule has 7 rings (SSSR count). The van der Waals surface area contributed by atoms with Gasteiger partial charge < -0.3 is 5.11 Å². The van der Waals surface area contributed by atoms with Crippen LogP contribution >= 0.6 is 15.9 Å². The molecule has 5 nitrogen and oxygen atoms in total. The Balaban J connectivity index is 1.69. The molecule has 1 heterocycles. The van der Waals surface area contributed by atoms with Crippen LogP contribution in [0.4, 0.5) is 5.69 Å². The number of nitrogens with zero attached hydrogens (tertiary/aromatic N) is 1. The number of rotatable bonds is 2. The highest BCUT2D eigenvalue weighted by molar-refractivity contribution is 9.10. The summed E-state index contributed by atoms with van der Waals surface area (Å²) in [5.41, 5.74) is 1.71. The molecule has 1 aliphatic heterocycles. The zero-order chi connectivity index (χ0) is 21.5. The second kappa shape index (κ2) is 6.14. The molecule has 6 heteroatoms. The van der Waals surface area contributed by atoms with E-state index >= 15 is 0 Å². The largest absolute Gasteiger partial charge is 0.480 e. The minimum atomic E-state index is -1.60. The van der Waals surface area contributed by atoms with Crippen LogP contribution in [-0.4, -0.2) is 22.9 Å². The van der Waals surface area contributed by atoms with Crippen LogP contribution in [0.5, 0.6) is 0 Å². The van der Waals surface area contributed by atoms with Gasteiger partial charge in [-0.05, 0) is 50.3 Å². The Morgan fingerprint density at radius 2 is 1.39 bits per heavy atom. The maximum Gasteiger partial charge on any atom is 0.319 e. The van der Waals surface area contributed by atoms with Crippen molar-refractivity contribution in [1.29, 1.82) is 0 Å². The van der Waals surface area contributed by atoms with Crippen LogP contribution in [0, 0.1) is 11.8 Å². The van der Waals surface area contributed by atoms with Crippen molar-refractivity contribution in [2.24, 2.45) is 11.8 Å². The van der Waals surface area contributed by atoms with E-state index in [2.05, 4.69) is 15.9 Å². The number of halogens is 1. The molecule has 0 aromatic heterocycles. The highest BCUT2D eigenvalue weighted by Gasteiger charge is 2.71. The number of aliphatic carboxylic acids is 1. The molecule has 2 unspecified atom stereocenters. The summed E-state index contributed by atoms with van der Waals surface area (Å²) in [5, 5.41) is 10.7. The number of carboxylic acids is 1. The lowest BCUT2D eigenvalue weighted by Crippen LogP contribution is -2.57. The predicted molar refractivity (Wildman–Crippen MR) is 117 cm³/mol. The lowest BCUT2D eigenvalue weighted by molar-refractivity contribution is -0.149. The second-order valence-corrected chi connectivity index (χ2v) is 9.09. The Hall–Kier alpha value is -3.25. The normalized spacial score (nSPS) is 27.6. The maximum atomic E-state index is 13.8. The van der Waals surface area contributed by atoms with E-state index in [0.717, 1.165) is 11.1 Å². The summed E-state index contributed by atoms with van der Waals surface area (Å²) in [4.78, 5) is 41.9. The van der Waals surface area contributed by atoms with Gasteiger partial charge in [-0.25, -0.2) is 4.90 Å². The maximum absolute atomic E-state index is 13.8. The summed E-state index contributed by atoms with van der Waals surface area (Å²) in [6.45, 7) is 0. The van der Waals surface area contributed by atoms with E-state index in [1.165, 1.54) is 4.90 Å². The number of imide groups is 1. The fraction of sp³-hybridized carbons (Fsp3) is 0.160. The van der Waals surface area contributed by atoms with Crippen LogP contribution in [0.25, 0.3) is 0 Å². The molecule has 2 amide bonds. The van der Waals surface area contributed by atoms with Crippen molar-refractivity contribution in [3.63, 3.8) is 0 Å². The SMILES string of the molecule is O=C1C2C3c4ccccc4C(C(=O)O)(c4ccccc43)C2C(=O)N1c1ccccc1Br. The van der Waals surface area contributed by atoms with Crippen molar-refractivity contribution >= 4 is 39.4 Å². The number of amides is 2. The molecule has 0 radical (unpaired) electrons. The molecule has 152 valence electrons. The van der Waals surface area contributed by atoms with Gasteiger partial charge in [0.1, 0.15) is 5.41 Å². The quantitative estimate of drug-likeness (QED) is 0.568. The zero-order valence-corrected chi connectivity index (χ0v) is 17.7.